The fraction of sp³-hybridized carbons (Fsp3) is 0.800. The summed E-state index contributed by atoms with van der Waals surface area (Å²) in [6.07, 6.45) is -2.97. The molecule has 1 fully saturated rings. The van der Waals surface area contributed by atoms with Crippen LogP contribution >= 0.6 is 22.6 Å². The predicted octanol–water partition coefficient (Wildman–Crippen LogP) is 1.53. The normalized spacial score (nSPS) is 32.9. The zero-order valence-corrected chi connectivity index (χ0v) is 7.22. The summed E-state index contributed by atoms with van der Waals surface area (Å²) in [6, 6.07) is 0. The molecule has 58 valence electrons. The number of hydrogen-bond acceptors (Lipinski definition) is 1. The summed E-state index contributed by atoms with van der Waals surface area (Å²) < 4.78 is 24.4. The zero-order valence-electron chi connectivity index (χ0n) is 5.06. The van der Waals surface area contributed by atoms with Gasteiger partial charge in [0.05, 0.1) is 13.1 Å². The van der Waals surface area contributed by atoms with Crippen LogP contribution in [0.4, 0.5) is 13.6 Å². The van der Waals surface area contributed by atoms with Gasteiger partial charge in [-0.2, -0.15) is 0 Å². The minimum absolute atomic E-state index is 0.0943. The summed E-state index contributed by atoms with van der Waals surface area (Å²) in [5.74, 6) is 0. The Bertz CT molecular complexity index is 145. The van der Waals surface area contributed by atoms with E-state index in [1.165, 1.54) is 22.6 Å². The molecule has 0 aliphatic carbocycles. The molecule has 5 heteroatoms. The Kier molecular flexibility index (Phi) is 2.43. The van der Waals surface area contributed by atoms with Crippen molar-refractivity contribution in [3.8, 4) is 0 Å². The van der Waals surface area contributed by atoms with Gasteiger partial charge in [0.15, 0.2) is 12.3 Å². The van der Waals surface area contributed by atoms with Crippen LogP contribution in [0, 0.1) is 0 Å². The van der Waals surface area contributed by atoms with Crippen LogP contribution in [-0.2, 0) is 0 Å². The van der Waals surface area contributed by atoms with Crippen molar-refractivity contribution in [1.29, 1.82) is 0 Å². The Morgan fingerprint density at radius 2 is 1.80 bits per heavy atom. The number of nitrogens with zero attached hydrogens (tertiary/aromatic N) is 1. The van der Waals surface area contributed by atoms with E-state index in [0.717, 1.165) is 4.90 Å². The highest BCUT2D eigenvalue weighted by Crippen LogP contribution is 2.18. The van der Waals surface area contributed by atoms with Gasteiger partial charge in [0.25, 0.3) is 3.91 Å². The second-order valence-corrected chi connectivity index (χ2v) is 3.11. The van der Waals surface area contributed by atoms with E-state index in [9.17, 15) is 13.6 Å². The van der Waals surface area contributed by atoms with Gasteiger partial charge in [0.1, 0.15) is 0 Å². The van der Waals surface area contributed by atoms with E-state index in [2.05, 4.69) is 0 Å². The quantitative estimate of drug-likeness (QED) is 0.368. The Labute approximate surface area is 70.7 Å². The van der Waals surface area contributed by atoms with Gasteiger partial charge < -0.3 is 4.90 Å². The average molecular weight is 261 g/mol. The van der Waals surface area contributed by atoms with E-state index >= 15 is 0 Å². The van der Waals surface area contributed by atoms with E-state index in [1.807, 2.05) is 0 Å². The standard InChI is InChI=1S/C5H6F2INO/c6-3-1-9(5(8)10)2-4(3)7/h3-4H,1-2H2/t3-,4-/m0/s1. The maximum atomic E-state index is 12.4. The molecule has 0 aromatic heterocycles. The lowest BCUT2D eigenvalue weighted by Crippen LogP contribution is -2.23. The maximum Gasteiger partial charge on any atom is 0.283 e. The monoisotopic (exact) mass is 261 g/mol. The molecule has 2 atom stereocenters. The summed E-state index contributed by atoms with van der Waals surface area (Å²) in [7, 11) is 0. The summed E-state index contributed by atoms with van der Waals surface area (Å²) >= 11 is 1.52. The molecule has 2 nitrogen and oxygen atoms in total. The Morgan fingerprint density at radius 1 is 1.40 bits per heavy atom. The van der Waals surface area contributed by atoms with Crippen LogP contribution < -0.4 is 0 Å². The largest absolute Gasteiger partial charge is 0.328 e. The van der Waals surface area contributed by atoms with E-state index in [-0.39, 0.29) is 17.0 Å². The Morgan fingerprint density at radius 3 is 2.00 bits per heavy atom. The fourth-order valence-corrected chi connectivity index (χ4v) is 1.26. The summed E-state index contributed by atoms with van der Waals surface area (Å²) in [5, 5.41) is 0. The molecule has 0 unspecified atom stereocenters. The summed E-state index contributed by atoms with van der Waals surface area (Å²) in [6.45, 7) is -0.189. The van der Waals surface area contributed by atoms with Crippen LogP contribution in [0.15, 0.2) is 0 Å². The molecule has 10 heavy (non-hydrogen) atoms. The lowest BCUT2D eigenvalue weighted by molar-refractivity contribution is 0.217. The molecule has 0 spiro atoms. The van der Waals surface area contributed by atoms with Gasteiger partial charge in [-0.3, -0.25) is 4.79 Å². The van der Waals surface area contributed by atoms with Gasteiger partial charge in [-0.25, -0.2) is 8.78 Å². The van der Waals surface area contributed by atoms with Crippen molar-refractivity contribution in [2.24, 2.45) is 0 Å². The first-order valence-corrected chi connectivity index (χ1v) is 3.91. The number of halogens is 3. The number of hydrogen-bond donors (Lipinski definition) is 0. The minimum atomic E-state index is -1.49. The van der Waals surface area contributed by atoms with Crippen molar-refractivity contribution in [3.05, 3.63) is 0 Å². The van der Waals surface area contributed by atoms with Crippen molar-refractivity contribution in [2.75, 3.05) is 13.1 Å². The molecular weight excluding hydrogens is 255 g/mol. The first-order chi connectivity index (χ1) is 4.61. The van der Waals surface area contributed by atoms with Crippen LogP contribution in [-0.4, -0.2) is 34.2 Å². The highest BCUT2D eigenvalue weighted by Gasteiger charge is 2.34. The molecule has 1 rings (SSSR count). The molecule has 1 aliphatic rings. The van der Waals surface area contributed by atoms with Crippen molar-refractivity contribution in [2.45, 2.75) is 12.3 Å². The molecule has 0 aromatic rings. The molecule has 0 aromatic carbocycles. The number of rotatable bonds is 0. The summed E-state index contributed by atoms with van der Waals surface area (Å²) in [4.78, 5) is 11.7. The zero-order chi connectivity index (χ0) is 7.72. The van der Waals surface area contributed by atoms with Crippen LogP contribution in [0.5, 0.6) is 0 Å². The van der Waals surface area contributed by atoms with Crippen molar-refractivity contribution in [3.63, 3.8) is 0 Å². The van der Waals surface area contributed by atoms with E-state index < -0.39 is 12.3 Å². The van der Waals surface area contributed by atoms with Crippen LogP contribution in [0.3, 0.4) is 0 Å². The topological polar surface area (TPSA) is 20.3 Å². The van der Waals surface area contributed by atoms with Gasteiger partial charge in [-0.05, 0) is 0 Å². The first-order valence-electron chi connectivity index (χ1n) is 2.84. The van der Waals surface area contributed by atoms with Gasteiger partial charge in [-0.1, -0.05) is 0 Å². The van der Waals surface area contributed by atoms with E-state index in [0.29, 0.717) is 0 Å². The SMILES string of the molecule is O=C(I)N1C[C@H](F)[C@@H](F)C1. The number of amides is 1. The molecule has 1 amide bonds. The molecule has 0 bridgehead atoms. The third kappa shape index (κ3) is 1.56. The van der Waals surface area contributed by atoms with Gasteiger partial charge in [0.2, 0.25) is 0 Å². The molecule has 0 radical (unpaired) electrons. The van der Waals surface area contributed by atoms with Gasteiger partial charge >= 0.3 is 0 Å². The summed E-state index contributed by atoms with van der Waals surface area (Å²) in [5.41, 5.74) is 0. The second-order valence-electron chi connectivity index (χ2n) is 2.19. The van der Waals surface area contributed by atoms with Crippen molar-refractivity contribution >= 4 is 26.5 Å². The van der Waals surface area contributed by atoms with E-state index in [1.54, 1.807) is 0 Å². The second kappa shape index (κ2) is 2.98. The Hall–Kier alpha value is 0.0600. The molecule has 0 N–H and O–H groups in total. The first kappa shape index (κ1) is 8.16. The van der Waals surface area contributed by atoms with Crippen LogP contribution in [0.1, 0.15) is 0 Å². The lowest BCUT2D eigenvalue weighted by atomic mass is 10.3. The van der Waals surface area contributed by atoms with E-state index in [4.69, 9.17) is 0 Å². The highest BCUT2D eigenvalue weighted by atomic mass is 127. The molecule has 1 saturated heterocycles. The molecule has 1 aliphatic heterocycles. The van der Waals surface area contributed by atoms with Gasteiger partial charge in [-0.15, -0.1) is 0 Å². The number of carbonyl (C=O) groups is 1. The Balaban J connectivity index is 2.49. The molecule has 0 saturated carbocycles. The molecule has 1 heterocycles. The van der Waals surface area contributed by atoms with Crippen molar-refractivity contribution in [1.82, 2.24) is 4.90 Å². The third-order valence-corrected chi connectivity index (χ3v) is 2.11. The smallest absolute Gasteiger partial charge is 0.283 e. The highest BCUT2D eigenvalue weighted by molar-refractivity contribution is 14.1. The lowest BCUT2D eigenvalue weighted by Gasteiger charge is -2.08. The third-order valence-electron chi connectivity index (χ3n) is 1.43. The molecular formula is C5H6F2INO. The van der Waals surface area contributed by atoms with Crippen LogP contribution in [0.25, 0.3) is 0 Å². The number of likely N-dealkylation sites (tertiary alicyclic amines) is 1. The average Bonchev–Trinajstić information content (AvgIpc) is 2.13. The maximum absolute atomic E-state index is 12.4. The minimum Gasteiger partial charge on any atom is -0.328 e. The number of alkyl halides is 2. The fourth-order valence-electron chi connectivity index (χ4n) is 0.868. The van der Waals surface area contributed by atoms with Crippen molar-refractivity contribution < 1.29 is 13.6 Å². The van der Waals surface area contributed by atoms with Gasteiger partial charge in [0, 0.05) is 22.6 Å². The van der Waals surface area contributed by atoms with Crippen LogP contribution in [0.2, 0.25) is 0 Å². The predicted molar refractivity (Wildman–Crippen MR) is 40.8 cm³/mol. The number of carbonyl (C=O) groups excluding carboxylic acids is 1.